The fraction of sp³-hybridized carbons (Fsp3) is 0.625. The molecule has 2 nitrogen and oxygen atoms in total. The van der Waals surface area contributed by atoms with Crippen molar-refractivity contribution in [3.8, 4) is 0 Å². The lowest BCUT2D eigenvalue weighted by atomic mass is 9.87. The van der Waals surface area contributed by atoms with E-state index in [-0.39, 0.29) is 5.54 Å². The topological polar surface area (TPSA) is 15.3 Å². The molecule has 2 rings (SSSR count). The van der Waals surface area contributed by atoms with E-state index >= 15 is 0 Å². The summed E-state index contributed by atoms with van der Waals surface area (Å²) in [5.41, 5.74) is 2.51. The Morgan fingerprint density at radius 1 is 1.26 bits per heavy atom. The van der Waals surface area contributed by atoms with Crippen molar-refractivity contribution in [3.63, 3.8) is 0 Å². The first-order chi connectivity index (χ1) is 8.96. The summed E-state index contributed by atoms with van der Waals surface area (Å²) in [5, 5.41) is 4.34. The molecular formula is C16H25ClN2. The molecule has 0 bridgehead atoms. The van der Waals surface area contributed by atoms with Gasteiger partial charge in [0.05, 0.1) is 0 Å². The van der Waals surface area contributed by atoms with Crippen molar-refractivity contribution in [1.82, 2.24) is 10.2 Å². The average molecular weight is 281 g/mol. The number of likely N-dealkylation sites (tertiary alicyclic amines) is 1. The highest BCUT2D eigenvalue weighted by molar-refractivity contribution is 6.31. The van der Waals surface area contributed by atoms with Crippen LogP contribution in [0.25, 0.3) is 0 Å². The molecule has 0 spiro atoms. The highest BCUT2D eigenvalue weighted by Crippen LogP contribution is 2.34. The normalized spacial score (nSPS) is 18.8. The Labute approximate surface area is 122 Å². The second-order valence-corrected chi connectivity index (χ2v) is 6.49. The van der Waals surface area contributed by atoms with E-state index in [0.717, 1.165) is 10.6 Å². The lowest BCUT2D eigenvalue weighted by molar-refractivity contribution is 0.110. The van der Waals surface area contributed by atoms with E-state index in [1.54, 1.807) is 0 Å². The number of nitrogens with zero attached hydrogens (tertiary/aromatic N) is 1. The van der Waals surface area contributed by atoms with Crippen molar-refractivity contribution in [1.29, 1.82) is 0 Å². The number of benzene rings is 1. The monoisotopic (exact) mass is 280 g/mol. The Morgan fingerprint density at radius 3 is 2.42 bits per heavy atom. The summed E-state index contributed by atoms with van der Waals surface area (Å²) < 4.78 is 0. The summed E-state index contributed by atoms with van der Waals surface area (Å²) in [4.78, 5) is 2.59. The summed E-state index contributed by atoms with van der Waals surface area (Å²) in [5.74, 6) is 0. The van der Waals surface area contributed by atoms with Gasteiger partial charge in [0, 0.05) is 16.6 Å². The van der Waals surface area contributed by atoms with Gasteiger partial charge in [-0.2, -0.15) is 0 Å². The fourth-order valence-corrected chi connectivity index (χ4v) is 3.38. The predicted molar refractivity (Wildman–Crippen MR) is 82.9 cm³/mol. The highest BCUT2D eigenvalue weighted by Gasteiger charge is 2.36. The lowest BCUT2D eigenvalue weighted by Gasteiger charge is -2.42. The van der Waals surface area contributed by atoms with Crippen LogP contribution in [0.5, 0.6) is 0 Å². The molecule has 0 aliphatic carbocycles. The van der Waals surface area contributed by atoms with Crippen molar-refractivity contribution in [3.05, 3.63) is 34.3 Å². The van der Waals surface area contributed by atoms with Crippen LogP contribution in [0.1, 0.15) is 43.9 Å². The van der Waals surface area contributed by atoms with Crippen LogP contribution in [0, 0.1) is 6.92 Å². The molecule has 3 heteroatoms. The Hall–Kier alpha value is -0.570. The van der Waals surface area contributed by atoms with Crippen molar-refractivity contribution in [2.45, 2.75) is 45.2 Å². The number of rotatable bonds is 4. The van der Waals surface area contributed by atoms with Crippen LogP contribution in [0.15, 0.2) is 18.2 Å². The van der Waals surface area contributed by atoms with Crippen LogP contribution in [0.3, 0.4) is 0 Å². The molecular weight excluding hydrogens is 256 g/mol. The van der Waals surface area contributed by atoms with E-state index in [1.807, 2.05) is 14.0 Å². The maximum absolute atomic E-state index is 6.28. The molecule has 1 aliphatic heterocycles. The third-order valence-corrected chi connectivity index (χ3v) is 4.85. The zero-order chi connectivity index (χ0) is 14.0. The van der Waals surface area contributed by atoms with Gasteiger partial charge in [-0.15, -0.1) is 0 Å². The largest absolute Gasteiger partial charge is 0.311 e. The fourth-order valence-electron chi connectivity index (χ4n) is 3.19. The van der Waals surface area contributed by atoms with Gasteiger partial charge in [0.15, 0.2) is 0 Å². The highest BCUT2D eigenvalue weighted by atomic mass is 35.5. The number of nitrogens with one attached hydrogen (secondary N) is 1. The van der Waals surface area contributed by atoms with Gasteiger partial charge < -0.3 is 5.32 Å². The van der Waals surface area contributed by atoms with E-state index in [0.29, 0.717) is 6.04 Å². The van der Waals surface area contributed by atoms with Crippen LogP contribution < -0.4 is 5.32 Å². The summed E-state index contributed by atoms with van der Waals surface area (Å²) in [6.07, 6.45) is 2.63. The SMILES string of the molecule is CNC(c1ccc(C)c(Cl)c1)C(C)(C)N1CCCC1. The van der Waals surface area contributed by atoms with Gasteiger partial charge in [0.2, 0.25) is 0 Å². The molecule has 1 heterocycles. The molecule has 106 valence electrons. The zero-order valence-electron chi connectivity index (χ0n) is 12.5. The van der Waals surface area contributed by atoms with Gasteiger partial charge in [-0.05, 0) is 70.9 Å². The van der Waals surface area contributed by atoms with Crippen LogP contribution in [-0.4, -0.2) is 30.6 Å². The van der Waals surface area contributed by atoms with E-state index in [2.05, 4.69) is 42.3 Å². The number of aryl methyl sites for hydroxylation is 1. The van der Waals surface area contributed by atoms with E-state index < -0.39 is 0 Å². The van der Waals surface area contributed by atoms with Gasteiger partial charge in [0.1, 0.15) is 0 Å². The van der Waals surface area contributed by atoms with Gasteiger partial charge in [0.25, 0.3) is 0 Å². The first-order valence-corrected chi connectivity index (χ1v) is 7.53. The standard InChI is InChI=1S/C16H25ClN2/c1-12-7-8-13(11-14(12)17)15(18-4)16(2,3)19-9-5-6-10-19/h7-8,11,15,18H,5-6,9-10H2,1-4H3. The first kappa shape index (κ1) is 14.8. The third kappa shape index (κ3) is 2.96. The average Bonchev–Trinajstić information content (AvgIpc) is 2.88. The number of halogens is 1. The Morgan fingerprint density at radius 2 is 1.89 bits per heavy atom. The number of hydrogen-bond acceptors (Lipinski definition) is 2. The Balaban J connectivity index is 2.29. The summed E-state index contributed by atoms with van der Waals surface area (Å²) in [6, 6.07) is 6.71. The Bertz CT molecular complexity index is 436. The molecule has 1 atom stereocenters. The number of hydrogen-bond donors (Lipinski definition) is 1. The second kappa shape index (κ2) is 5.82. The molecule has 1 aliphatic rings. The molecule has 0 aromatic heterocycles. The summed E-state index contributed by atoms with van der Waals surface area (Å²) in [6.45, 7) is 9.10. The van der Waals surface area contributed by atoms with E-state index in [4.69, 9.17) is 11.6 Å². The smallest absolute Gasteiger partial charge is 0.0499 e. The van der Waals surface area contributed by atoms with Crippen molar-refractivity contribution in [2.75, 3.05) is 20.1 Å². The number of likely N-dealkylation sites (N-methyl/N-ethyl adjacent to an activating group) is 1. The molecule has 19 heavy (non-hydrogen) atoms. The molecule has 1 aromatic rings. The molecule has 0 saturated carbocycles. The summed E-state index contributed by atoms with van der Waals surface area (Å²) >= 11 is 6.28. The molecule has 1 saturated heterocycles. The van der Waals surface area contributed by atoms with Gasteiger partial charge in [-0.1, -0.05) is 23.7 Å². The van der Waals surface area contributed by atoms with Gasteiger partial charge >= 0.3 is 0 Å². The van der Waals surface area contributed by atoms with Crippen molar-refractivity contribution < 1.29 is 0 Å². The minimum absolute atomic E-state index is 0.101. The molecule has 1 aromatic carbocycles. The minimum Gasteiger partial charge on any atom is -0.311 e. The second-order valence-electron chi connectivity index (χ2n) is 6.08. The zero-order valence-corrected chi connectivity index (χ0v) is 13.2. The van der Waals surface area contributed by atoms with Crippen LogP contribution in [-0.2, 0) is 0 Å². The quantitative estimate of drug-likeness (QED) is 0.903. The van der Waals surface area contributed by atoms with E-state index in [9.17, 15) is 0 Å². The van der Waals surface area contributed by atoms with Crippen molar-refractivity contribution in [2.24, 2.45) is 0 Å². The first-order valence-electron chi connectivity index (χ1n) is 7.15. The maximum atomic E-state index is 6.28. The minimum atomic E-state index is 0.101. The maximum Gasteiger partial charge on any atom is 0.0499 e. The third-order valence-electron chi connectivity index (χ3n) is 4.45. The molecule has 0 radical (unpaired) electrons. The molecule has 1 N–H and O–H groups in total. The molecule has 1 unspecified atom stereocenters. The summed E-state index contributed by atoms with van der Waals surface area (Å²) in [7, 11) is 2.04. The Kier molecular flexibility index (Phi) is 4.54. The van der Waals surface area contributed by atoms with Gasteiger partial charge in [-0.25, -0.2) is 0 Å². The van der Waals surface area contributed by atoms with Crippen LogP contribution in [0.2, 0.25) is 5.02 Å². The van der Waals surface area contributed by atoms with Crippen LogP contribution in [0.4, 0.5) is 0 Å². The van der Waals surface area contributed by atoms with Crippen molar-refractivity contribution >= 4 is 11.6 Å². The lowest BCUT2D eigenvalue weighted by Crippen LogP contribution is -2.50. The molecule has 0 amide bonds. The van der Waals surface area contributed by atoms with Crippen LogP contribution >= 0.6 is 11.6 Å². The molecule has 1 fully saturated rings. The van der Waals surface area contributed by atoms with E-state index in [1.165, 1.54) is 31.5 Å². The predicted octanol–water partition coefficient (Wildman–Crippen LogP) is 3.78. The van der Waals surface area contributed by atoms with Gasteiger partial charge in [-0.3, -0.25) is 4.90 Å².